The number of carbonyl (C=O) groups excluding carboxylic acids is 2. The minimum Gasteiger partial charge on any atom is -0.467 e. The molecule has 0 heterocycles. The van der Waals surface area contributed by atoms with Crippen LogP contribution in [0.25, 0.3) is 0 Å². The van der Waals surface area contributed by atoms with Crippen molar-refractivity contribution < 1.29 is 23.8 Å². The molecule has 0 saturated carbocycles. The van der Waals surface area contributed by atoms with Gasteiger partial charge >= 0.3 is 5.97 Å². The Balaban J connectivity index is 2.66. The van der Waals surface area contributed by atoms with Crippen molar-refractivity contribution in [3.8, 4) is 0 Å². The summed E-state index contributed by atoms with van der Waals surface area (Å²) in [5.74, 6) is -0.551. The summed E-state index contributed by atoms with van der Waals surface area (Å²) in [6, 6.07) is 6.54. The van der Waals surface area contributed by atoms with Crippen molar-refractivity contribution in [2.75, 3.05) is 32.2 Å². The summed E-state index contributed by atoms with van der Waals surface area (Å²) in [6.07, 6.45) is -0.109. The highest BCUT2D eigenvalue weighted by molar-refractivity contribution is 5.92. The lowest BCUT2D eigenvalue weighted by Crippen LogP contribution is -2.41. The summed E-state index contributed by atoms with van der Waals surface area (Å²) in [7, 11) is 1.29. The zero-order valence-electron chi connectivity index (χ0n) is 16.9. The second kappa shape index (κ2) is 12.7. The van der Waals surface area contributed by atoms with Crippen LogP contribution < -0.4 is 16.4 Å². The molecule has 0 radical (unpaired) electrons. The van der Waals surface area contributed by atoms with E-state index in [0.29, 0.717) is 19.6 Å². The monoisotopic (exact) mass is 394 g/mol. The van der Waals surface area contributed by atoms with Crippen molar-refractivity contribution in [3.05, 3.63) is 29.8 Å². The average molecular weight is 394 g/mol. The number of hydrogen-bond acceptors (Lipinski definition) is 6. The van der Waals surface area contributed by atoms with Gasteiger partial charge in [0.1, 0.15) is 6.04 Å². The lowest BCUT2D eigenvalue weighted by Gasteiger charge is -2.16. The second-order valence-corrected chi connectivity index (χ2v) is 5.87. The lowest BCUT2D eigenvalue weighted by molar-refractivity contribution is -0.144. The molecule has 0 spiro atoms. The Morgan fingerprint density at radius 2 is 1.75 bits per heavy atom. The van der Waals surface area contributed by atoms with Gasteiger partial charge in [-0.15, -0.1) is 0 Å². The van der Waals surface area contributed by atoms with Gasteiger partial charge in [0.15, 0.2) is 12.2 Å². The van der Waals surface area contributed by atoms with E-state index in [2.05, 4.69) is 15.6 Å². The third kappa shape index (κ3) is 8.83. The number of nitrogens with one attached hydrogen (secondary N) is 2. The molecule has 1 rings (SSSR count). The van der Waals surface area contributed by atoms with Gasteiger partial charge in [0, 0.05) is 32.2 Å². The Bertz CT molecular complexity index is 642. The smallest absolute Gasteiger partial charge is 0.328 e. The molecule has 1 aromatic rings. The summed E-state index contributed by atoms with van der Waals surface area (Å²) in [4.78, 5) is 27.3. The highest BCUT2D eigenvalue weighted by Gasteiger charge is 2.20. The predicted molar refractivity (Wildman–Crippen MR) is 107 cm³/mol. The number of rotatable bonds is 11. The van der Waals surface area contributed by atoms with Crippen LogP contribution >= 0.6 is 0 Å². The Hall–Kier alpha value is -2.65. The molecule has 9 nitrogen and oxygen atoms in total. The number of hydrogen-bond donors (Lipinski definition) is 3. The van der Waals surface area contributed by atoms with Crippen LogP contribution in [0.3, 0.4) is 0 Å². The van der Waals surface area contributed by atoms with E-state index in [1.807, 2.05) is 38.1 Å². The molecule has 0 aliphatic heterocycles. The number of esters is 1. The second-order valence-electron chi connectivity index (χ2n) is 5.87. The molecule has 0 unspecified atom stereocenters. The number of benzene rings is 1. The van der Waals surface area contributed by atoms with Gasteiger partial charge in [0.2, 0.25) is 5.91 Å². The molecule has 0 fully saturated rings. The van der Waals surface area contributed by atoms with Gasteiger partial charge in [-0.1, -0.05) is 12.1 Å². The first-order valence-corrected chi connectivity index (χ1v) is 9.13. The minimum atomic E-state index is -0.734. The quantitative estimate of drug-likeness (QED) is 0.222. The van der Waals surface area contributed by atoms with Crippen LogP contribution in [0.2, 0.25) is 0 Å². The van der Waals surface area contributed by atoms with Crippen molar-refractivity contribution in [2.45, 2.75) is 39.5 Å². The van der Waals surface area contributed by atoms with Crippen LogP contribution in [0.5, 0.6) is 0 Å². The number of methoxy groups -OCH3 is 1. The first-order chi connectivity index (χ1) is 13.4. The van der Waals surface area contributed by atoms with Crippen LogP contribution in [0.4, 0.5) is 5.69 Å². The number of nitrogens with two attached hydrogens (primary N) is 1. The van der Waals surface area contributed by atoms with Gasteiger partial charge in [0.05, 0.1) is 13.7 Å². The highest BCUT2D eigenvalue weighted by atomic mass is 16.7. The number of guanidine groups is 1. The van der Waals surface area contributed by atoms with E-state index in [9.17, 15) is 9.59 Å². The van der Waals surface area contributed by atoms with Gasteiger partial charge in [-0.3, -0.25) is 4.79 Å². The molecule has 28 heavy (non-hydrogen) atoms. The van der Waals surface area contributed by atoms with E-state index < -0.39 is 18.3 Å². The molecule has 0 aromatic heterocycles. The molecule has 0 saturated heterocycles. The molecule has 1 amide bonds. The average Bonchev–Trinajstić information content (AvgIpc) is 2.66. The number of nitrogens with zero attached hydrogens (tertiary/aromatic N) is 1. The molecule has 0 aliphatic carbocycles. The molecule has 0 bridgehead atoms. The standard InChI is InChI=1S/C19H30N4O5/c1-5-27-17(28-6-2)12-21-19(20)23-15-9-7-14(8-10-15)11-16(18(25)26-4)22-13(3)24/h7-10,16-17H,5-6,11-12H2,1-4H3,(H,22,24)(H3,20,21,23)/t16-/m0/s1. The van der Waals surface area contributed by atoms with Gasteiger partial charge in [-0.05, 0) is 31.5 Å². The van der Waals surface area contributed by atoms with Crippen molar-refractivity contribution in [2.24, 2.45) is 10.7 Å². The van der Waals surface area contributed by atoms with Gasteiger partial charge in [0.25, 0.3) is 0 Å². The van der Waals surface area contributed by atoms with Crippen LogP contribution in [-0.4, -0.2) is 57.0 Å². The fourth-order valence-electron chi connectivity index (χ4n) is 2.43. The summed E-state index contributed by atoms with van der Waals surface area (Å²) >= 11 is 0. The minimum absolute atomic E-state index is 0.239. The van der Waals surface area contributed by atoms with Gasteiger partial charge < -0.3 is 30.6 Å². The summed E-state index contributed by atoms with van der Waals surface area (Å²) in [5.41, 5.74) is 7.50. The largest absolute Gasteiger partial charge is 0.467 e. The fourth-order valence-corrected chi connectivity index (χ4v) is 2.43. The number of amides is 1. The lowest BCUT2D eigenvalue weighted by atomic mass is 10.1. The number of ether oxygens (including phenoxy) is 3. The van der Waals surface area contributed by atoms with Gasteiger partial charge in [-0.25, -0.2) is 9.79 Å². The molecule has 9 heteroatoms. The zero-order valence-corrected chi connectivity index (χ0v) is 16.9. The van der Waals surface area contributed by atoms with Gasteiger partial charge in [-0.2, -0.15) is 0 Å². The number of carbonyl (C=O) groups is 2. The predicted octanol–water partition coefficient (Wildman–Crippen LogP) is 1.03. The van der Waals surface area contributed by atoms with E-state index in [-0.39, 0.29) is 18.4 Å². The Labute approximate surface area is 165 Å². The Morgan fingerprint density at radius 3 is 2.25 bits per heavy atom. The molecule has 0 aliphatic rings. The van der Waals surface area contributed by atoms with Crippen LogP contribution in [0.1, 0.15) is 26.3 Å². The molecule has 156 valence electrons. The summed E-state index contributed by atoms with van der Waals surface area (Å²) in [5, 5.41) is 5.57. The molecule has 4 N–H and O–H groups in total. The summed E-state index contributed by atoms with van der Waals surface area (Å²) < 4.78 is 15.5. The van der Waals surface area contributed by atoms with Crippen molar-refractivity contribution in [3.63, 3.8) is 0 Å². The van der Waals surface area contributed by atoms with E-state index in [1.54, 1.807) is 0 Å². The van der Waals surface area contributed by atoms with Crippen molar-refractivity contribution in [1.82, 2.24) is 5.32 Å². The third-order valence-corrected chi connectivity index (χ3v) is 3.65. The number of anilines is 1. The molecule has 1 aromatic carbocycles. The van der Waals surface area contributed by atoms with Crippen molar-refractivity contribution in [1.29, 1.82) is 0 Å². The maximum atomic E-state index is 11.8. The fraction of sp³-hybridized carbons (Fsp3) is 0.526. The van der Waals surface area contributed by atoms with E-state index in [4.69, 9.17) is 19.9 Å². The third-order valence-electron chi connectivity index (χ3n) is 3.65. The Kier molecular flexibility index (Phi) is 10.6. The Morgan fingerprint density at radius 1 is 1.14 bits per heavy atom. The van der Waals surface area contributed by atoms with E-state index in [1.165, 1.54) is 14.0 Å². The number of aliphatic imine (C=N–C) groups is 1. The first kappa shape index (κ1) is 23.4. The molecule has 1 atom stereocenters. The maximum Gasteiger partial charge on any atom is 0.328 e. The zero-order chi connectivity index (χ0) is 20.9. The van der Waals surface area contributed by atoms with E-state index >= 15 is 0 Å². The van der Waals surface area contributed by atoms with Crippen molar-refractivity contribution >= 4 is 23.5 Å². The maximum absolute atomic E-state index is 11.8. The van der Waals surface area contributed by atoms with Crippen LogP contribution in [0, 0.1) is 0 Å². The molecular formula is C19H30N4O5. The van der Waals surface area contributed by atoms with E-state index in [0.717, 1.165) is 11.3 Å². The van der Waals surface area contributed by atoms with Crippen LogP contribution in [-0.2, 0) is 30.2 Å². The summed E-state index contributed by atoms with van der Waals surface area (Å²) in [6.45, 7) is 6.47. The highest BCUT2D eigenvalue weighted by Crippen LogP contribution is 2.12. The molecular weight excluding hydrogens is 364 g/mol. The SMILES string of the molecule is CCOC(C/N=C(/N)Nc1ccc(C[C@H](NC(C)=O)C(=O)OC)cc1)OCC. The topological polar surface area (TPSA) is 124 Å². The first-order valence-electron chi connectivity index (χ1n) is 9.13. The normalized spacial score (nSPS) is 12.5. The van der Waals surface area contributed by atoms with Crippen LogP contribution in [0.15, 0.2) is 29.3 Å².